The van der Waals surface area contributed by atoms with Gasteiger partial charge in [0.05, 0.1) is 29.9 Å². The Hall–Kier alpha value is -3.11. The van der Waals surface area contributed by atoms with E-state index in [1.54, 1.807) is 11.8 Å². The molecule has 2 amide bonds. The van der Waals surface area contributed by atoms with Crippen molar-refractivity contribution in [3.05, 3.63) is 57.7 Å². The second-order valence-electron chi connectivity index (χ2n) is 10.3. The molecule has 0 aromatic carbocycles. The molecule has 1 saturated heterocycles. The van der Waals surface area contributed by atoms with Gasteiger partial charge in [-0.3, -0.25) is 9.59 Å². The molecule has 2 aliphatic heterocycles. The van der Waals surface area contributed by atoms with Gasteiger partial charge in [-0.25, -0.2) is 4.98 Å². The number of hydrogen-bond acceptors (Lipinski definition) is 4. The van der Waals surface area contributed by atoms with E-state index in [4.69, 9.17) is 21.8 Å². The fourth-order valence-electron chi connectivity index (χ4n) is 5.66. The first-order valence-electron chi connectivity index (χ1n) is 12.8. The van der Waals surface area contributed by atoms with Crippen molar-refractivity contribution in [1.29, 1.82) is 5.26 Å². The van der Waals surface area contributed by atoms with Crippen LogP contribution in [0.4, 0.5) is 0 Å². The van der Waals surface area contributed by atoms with Crippen LogP contribution in [0.25, 0.3) is 5.57 Å². The van der Waals surface area contributed by atoms with Crippen molar-refractivity contribution in [3.63, 3.8) is 0 Å². The number of carbonyl (C=O) groups is 2. The number of nitriles is 1. The molecule has 0 bridgehead atoms. The average molecular weight is 506 g/mol. The minimum atomic E-state index is -0.0167. The summed E-state index contributed by atoms with van der Waals surface area (Å²) in [5, 5.41) is 9.81. The summed E-state index contributed by atoms with van der Waals surface area (Å²) in [4.78, 5) is 37.3. The van der Waals surface area contributed by atoms with Crippen molar-refractivity contribution < 1.29 is 9.59 Å². The van der Waals surface area contributed by atoms with E-state index in [1.807, 2.05) is 17.1 Å². The van der Waals surface area contributed by atoms with E-state index in [1.165, 1.54) is 5.57 Å². The summed E-state index contributed by atoms with van der Waals surface area (Å²) in [5.74, 6) is 1.28. The largest absolute Gasteiger partial charge is 0.340 e. The highest BCUT2D eigenvalue weighted by Crippen LogP contribution is 2.38. The van der Waals surface area contributed by atoms with Gasteiger partial charge in [0.1, 0.15) is 5.82 Å². The minimum absolute atomic E-state index is 0.0167. The van der Waals surface area contributed by atoms with Crippen LogP contribution in [-0.2, 0) is 22.6 Å². The first kappa shape index (κ1) is 24.6. The number of amides is 2. The number of allylic oxidation sites excluding steroid dienone is 7. The standard InChI is InChI=1S/C28H32ClN5O2/c1-17-13-24(29)23(27-31-25-9-12-34(18(2)35)16-26(25)32-27)14-22(17)28(36)33-10-7-21(8-11-33)20-5-3-19(15-30)4-6-20/h3,5-6,14,17,19,21H,4,7-13,16H2,1-2H3,(H,31,32). The average Bonchev–Trinajstić information content (AvgIpc) is 3.31. The number of nitrogens with zero attached hydrogens (tertiary/aromatic N) is 4. The number of H-pyrrole nitrogens is 1. The lowest BCUT2D eigenvalue weighted by Crippen LogP contribution is -2.40. The van der Waals surface area contributed by atoms with E-state index in [0.29, 0.717) is 42.7 Å². The highest BCUT2D eigenvalue weighted by Gasteiger charge is 2.32. The number of nitrogens with one attached hydrogen (secondary N) is 1. The van der Waals surface area contributed by atoms with Gasteiger partial charge in [0.25, 0.3) is 0 Å². The maximum Gasteiger partial charge on any atom is 0.250 e. The van der Waals surface area contributed by atoms with Crippen LogP contribution in [0, 0.1) is 29.1 Å². The maximum atomic E-state index is 13.6. The fraction of sp³-hybridized carbons (Fsp3) is 0.500. The normalized spacial score (nSPS) is 24.7. The smallest absolute Gasteiger partial charge is 0.250 e. The lowest BCUT2D eigenvalue weighted by Gasteiger charge is -2.35. The molecule has 5 rings (SSSR count). The zero-order valence-corrected chi connectivity index (χ0v) is 21.6. The summed E-state index contributed by atoms with van der Waals surface area (Å²) in [6.45, 7) is 6.27. The Morgan fingerprint density at radius 1 is 1.22 bits per heavy atom. The molecule has 1 aromatic heterocycles. The van der Waals surface area contributed by atoms with Crippen LogP contribution in [0.2, 0.25) is 0 Å². The van der Waals surface area contributed by atoms with E-state index < -0.39 is 0 Å². The number of aromatic nitrogens is 2. The quantitative estimate of drug-likeness (QED) is 0.654. The number of imidazole rings is 1. The van der Waals surface area contributed by atoms with Gasteiger partial charge in [0.2, 0.25) is 11.8 Å². The Labute approximate surface area is 217 Å². The van der Waals surface area contributed by atoms with Crippen LogP contribution in [0.15, 0.2) is 40.5 Å². The molecule has 1 aromatic rings. The molecule has 8 heteroatoms. The number of aromatic amines is 1. The molecule has 36 heavy (non-hydrogen) atoms. The first-order valence-corrected chi connectivity index (χ1v) is 13.2. The summed E-state index contributed by atoms with van der Waals surface area (Å²) in [5.41, 5.74) is 4.77. The molecule has 3 heterocycles. The van der Waals surface area contributed by atoms with Crippen molar-refractivity contribution in [1.82, 2.24) is 19.8 Å². The van der Waals surface area contributed by atoms with E-state index in [-0.39, 0.29) is 23.7 Å². The third-order valence-corrected chi connectivity index (χ3v) is 8.29. The minimum Gasteiger partial charge on any atom is -0.340 e. The summed E-state index contributed by atoms with van der Waals surface area (Å²) in [6, 6.07) is 2.30. The number of halogens is 1. The van der Waals surface area contributed by atoms with Crippen LogP contribution in [0.1, 0.15) is 56.7 Å². The second kappa shape index (κ2) is 10.1. The highest BCUT2D eigenvalue weighted by molar-refractivity contribution is 6.33. The topological polar surface area (TPSA) is 93.1 Å². The first-order chi connectivity index (χ1) is 17.3. The van der Waals surface area contributed by atoms with E-state index in [0.717, 1.165) is 54.9 Å². The summed E-state index contributed by atoms with van der Waals surface area (Å²) >= 11 is 6.69. The Morgan fingerprint density at radius 3 is 2.67 bits per heavy atom. The highest BCUT2D eigenvalue weighted by atomic mass is 35.5. The van der Waals surface area contributed by atoms with Gasteiger partial charge in [0.15, 0.2) is 0 Å². The van der Waals surface area contributed by atoms with Crippen LogP contribution in [0.5, 0.6) is 0 Å². The van der Waals surface area contributed by atoms with Crippen LogP contribution in [-0.4, -0.2) is 51.2 Å². The van der Waals surface area contributed by atoms with Gasteiger partial charge < -0.3 is 14.8 Å². The van der Waals surface area contributed by atoms with Crippen molar-refractivity contribution in [2.75, 3.05) is 19.6 Å². The molecule has 188 valence electrons. The van der Waals surface area contributed by atoms with Crippen molar-refractivity contribution in [2.24, 2.45) is 17.8 Å². The van der Waals surface area contributed by atoms with E-state index in [9.17, 15) is 9.59 Å². The predicted molar refractivity (Wildman–Crippen MR) is 138 cm³/mol. The van der Waals surface area contributed by atoms with Crippen molar-refractivity contribution in [2.45, 2.75) is 52.5 Å². The van der Waals surface area contributed by atoms with Crippen molar-refractivity contribution in [3.8, 4) is 6.07 Å². The third kappa shape index (κ3) is 4.79. The molecule has 1 N–H and O–H groups in total. The molecule has 2 unspecified atom stereocenters. The van der Waals surface area contributed by atoms with Gasteiger partial charge in [-0.2, -0.15) is 5.26 Å². The van der Waals surface area contributed by atoms with Crippen LogP contribution < -0.4 is 0 Å². The lowest BCUT2D eigenvalue weighted by atomic mass is 9.83. The number of fused-ring (bicyclic) bond motifs is 1. The van der Waals surface area contributed by atoms with Crippen LogP contribution >= 0.6 is 11.6 Å². The number of rotatable bonds is 3. The van der Waals surface area contributed by atoms with Gasteiger partial charge in [0, 0.05) is 49.2 Å². The monoisotopic (exact) mass is 505 g/mol. The molecular formula is C28H32ClN5O2. The van der Waals surface area contributed by atoms with E-state index >= 15 is 0 Å². The van der Waals surface area contributed by atoms with Gasteiger partial charge in [-0.15, -0.1) is 0 Å². The SMILES string of the molecule is CC(=O)N1CCc2nc(C3=C(Cl)CC(C)C(C(=O)N4CCC(C5=CCC(C#N)C=C5)CC4)=C3)[nH]c2C1. The molecule has 0 saturated carbocycles. The van der Waals surface area contributed by atoms with E-state index in [2.05, 4.69) is 30.1 Å². The Kier molecular flexibility index (Phi) is 6.90. The molecule has 2 aliphatic carbocycles. The number of carbonyl (C=O) groups excluding carboxylic acids is 2. The molecule has 7 nitrogen and oxygen atoms in total. The summed E-state index contributed by atoms with van der Waals surface area (Å²) in [7, 11) is 0. The summed E-state index contributed by atoms with van der Waals surface area (Å²) in [6.07, 6.45) is 12.2. The zero-order valence-electron chi connectivity index (χ0n) is 20.9. The second-order valence-corrected chi connectivity index (χ2v) is 10.8. The number of likely N-dealkylation sites (tertiary alicyclic amines) is 1. The molecule has 1 fully saturated rings. The Morgan fingerprint density at radius 2 is 2.00 bits per heavy atom. The Balaban J connectivity index is 1.29. The van der Waals surface area contributed by atoms with Gasteiger partial charge in [-0.05, 0) is 49.2 Å². The lowest BCUT2D eigenvalue weighted by molar-refractivity contribution is -0.130. The van der Waals surface area contributed by atoms with Crippen molar-refractivity contribution >= 4 is 29.0 Å². The number of hydrogen-bond donors (Lipinski definition) is 1. The molecule has 2 atom stereocenters. The predicted octanol–water partition coefficient (Wildman–Crippen LogP) is 4.50. The summed E-state index contributed by atoms with van der Waals surface area (Å²) < 4.78 is 0. The molecule has 0 radical (unpaired) electrons. The zero-order chi connectivity index (χ0) is 25.4. The fourth-order valence-corrected chi connectivity index (χ4v) is 6.03. The number of piperidine rings is 1. The molecule has 4 aliphatic rings. The van der Waals surface area contributed by atoms with Crippen LogP contribution in [0.3, 0.4) is 0 Å². The van der Waals surface area contributed by atoms with Gasteiger partial charge >= 0.3 is 0 Å². The third-order valence-electron chi connectivity index (χ3n) is 7.94. The molecular weight excluding hydrogens is 474 g/mol. The maximum absolute atomic E-state index is 13.6. The van der Waals surface area contributed by atoms with Gasteiger partial charge in [-0.1, -0.05) is 36.8 Å². The Bertz CT molecular complexity index is 1240. The molecule has 0 spiro atoms.